The Hall–Kier alpha value is -0.0800. The van der Waals surface area contributed by atoms with Crippen molar-refractivity contribution in [1.29, 1.82) is 0 Å². The summed E-state index contributed by atoms with van der Waals surface area (Å²) in [6, 6.07) is 0. The van der Waals surface area contributed by atoms with Crippen LogP contribution in [0.15, 0.2) is 0 Å². The molecular formula is C6H12O2. The van der Waals surface area contributed by atoms with Crippen LogP contribution < -0.4 is 0 Å². The van der Waals surface area contributed by atoms with Gasteiger partial charge in [0.25, 0.3) is 0 Å². The van der Waals surface area contributed by atoms with Crippen molar-refractivity contribution in [2.45, 2.75) is 26.1 Å². The highest BCUT2D eigenvalue weighted by atomic mass is 16.6. The molecule has 0 unspecified atom stereocenters. The van der Waals surface area contributed by atoms with Gasteiger partial charge in [0.1, 0.15) is 0 Å². The smallest absolute Gasteiger partial charge is 0.154 e. The van der Waals surface area contributed by atoms with Gasteiger partial charge in [-0.15, -0.1) is 0 Å². The lowest BCUT2D eigenvalue weighted by Gasteiger charge is -2.22. The van der Waals surface area contributed by atoms with E-state index in [2.05, 4.69) is 6.92 Å². The number of aliphatic hydroxyl groups excluding tert-OH is 1. The van der Waals surface area contributed by atoms with Gasteiger partial charge in [0.05, 0.1) is 0 Å². The Labute approximate surface area is 49.5 Å². The van der Waals surface area contributed by atoms with E-state index in [9.17, 15) is 0 Å². The van der Waals surface area contributed by atoms with Crippen LogP contribution in [-0.2, 0) is 4.74 Å². The normalized spacial score (nSPS) is 39.8. The number of rotatable bonds is 0. The topological polar surface area (TPSA) is 29.5 Å². The monoisotopic (exact) mass is 116 g/mol. The number of hydrogen-bond donors (Lipinski definition) is 1. The van der Waals surface area contributed by atoms with Gasteiger partial charge < -0.3 is 9.84 Å². The first-order chi connectivity index (χ1) is 3.79. The van der Waals surface area contributed by atoms with E-state index in [1.165, 1.54) is 0 Å². The molecule has 1 N–H and O–H groups in total. The molecule has 0 aromatic carbocycles. The van der Waals surface area contributed by atoms with Crippen molar-refractivity contribution >= 4 is 0 Å². The van der Waals surface area contributed by atoms with Crippen LogP contribution in [0.1, 0.15) is 19.8 Å². The molecule has 1 fully saturated rings. The summed E-state index contributed by atoms with van der Waals surface area (Å²) in [7, 11) is 0. The average Bonchev–Trinajstić information content (AvgIpc) is 1.64. The maximum atomic E-state index is 8.86. The predicted molar refractivity (Wildman–Crippen MR) is 30.4 cm³/mol. The van der Waals surface area contributed by atoms with Crippen molar-refractivity contribution in [2.75, 3.05) is 6.61 Å². The molecule has 1 rings (SSSR count). The Morgan fingerprint density at radius 3 is 2.75 bits per heavy atom. The van der Waals surface area contributed by atoms with E-state index in [0.29, 0.717) is 5.92 Å². The molecule has 2 nitrogen and oxygen atoms in total. The van der Waals surface area contributed by atoms with E-state index in [1.807, 2.05) is 0 Å². The minimum absolute atomic E-state index is 0.487. The Morgan fingerprint density at radius 2 is 2.38 bits per heavy atom. The standard InChI is InChI=1S/C6H12O2/c1-5-2-3-8-6(7)4-5/h5-7H,2-4H2,1H3/t5-,6+/m0/s1. The summed E-state index contributed by atoms with van der Waals surface area (Å²) in [4.78, 5) is 0. The summed E-state index contributed by atoms with van der Waals surface area (Å²) in [6.07, 6.45) is 1.41. The lowest BCUT2D eigenvalue weighted by atomic mass is 10.0. The third-order valence-corrected chi connectivity index (χ3v) is 1.52. The molecule has 1 saturated heterocycles. The largest absolute Gasteiger partial charge is 0.368 e. The van der Waals surface area contributed by atoms with Gasteiger partial charge in [-0.05, 0) is 12.3 Å². The molecular weight excluding hydrogens is 104 g/mol. The Morgan fingerprint density at radius 1 is 1.62 bits per heavy atom. The van der Waals surface area contributed by atoms with Crippen LogP contribution in [0.5, 0.6) is 0 Å². The molecule has 8 heavy (non-hydrogen) atoms. The summed E-state index contributed by atoms with van der Waals surface area (Å²) in [5.41, 5.74) is 0. The fraction of sp³-hybridized carbons (Fsp3) is 1.00. The zero-order valence-electron chi connectivity index (χ0n) is 5.13. The van der Waals surface area contributed by atoms with E-state index in [4.69, 9.17) is 9.84 Å². The lowest BCUT2D eigenvalue weighted by Crippen LogP contribution is -2.23. The minimum atomic E-state index is -0.487. The van der Waals surface area contributed by atoms with Crippen molar-refractivity contribution in [3.63, 3.8) is 0 Å². The summed E-state index contributed by atoms with van der Waals surface area (Å²) in [5.74, 6) is 0.638. The van der Waals surface area contributed by atoms with Gasteiger partial charge in [0.2, 0.25) is 0 Å². The van der Waals surface area contributed by atoms with Crippen LogP contribution in [0.2, 0.25) is 0 Å². The summed E-state index contributed by atoms with van der Waals surface area (Å²) in [5, 5.41) is 8.86. The highest BCUT2D eigenvalue weighted by Crippen LogP contribution is 2.16. The van der Waals surface area contributed by atoms with Crippen LogP contribution in [0.25, 0.3) is 0 Å². The Kier molecular flexibility index (Phi) is 1.86. The van der Waals surface area contributed by atoms with E-state index in [-0.39, 0.29) is 0 Å². The average molecular weight is 116 g/mol. The van der Waals surface area contributed by atoms with Gasteiger partial charge in [0.15, 0.2) is 6.29 Å². The first kappa shape index (κ1) is 6.05. The van der Waals surface area contributed by atoms with Gasteiger partial charge in [-0.25, -0.2) is 0 Å². The lowest BCUT2D eigenvalue weighted by molar-refractivity contribution is -0.136. The van der Waals surface area contributed by atoms with Gasteiger partial charge in [-0.1, -0.05) is 6.92 Å². The zero-order chi connectivity index (χ0) is 5.98. The number of aliphatic hydroxyl groups is 1. The first-order valence-electron chi connectivity index (χ1n) is 3.08. The quantitative estimate of drug-likeness (QED) is 0.506. The zero-order valence-corrected chi connectivity index (χ0v) is 5.13. The number of ether oxygens (including phenoxy) is 1. The molecule has 0 radical (unpaired) electrons. The highest BCUT2D eigenvalue weighted by molar-refractivity contribution is 4.59. The van der Waals surface area contributed by atoms with Gasteiger partial charge in [-0.2, -0.15) is 0 Å². The van der Waals surface area contributed by atoms with Crippen molar-refractivity contribution < 1.29 is 9.84 Å². The maximum Gasteiger partial charge on any atom is 0.154 e. The molecule has 1 aliphatic rings. The van der Waals surface area contributed by atoms with Gasteiger partial charge >= 0.3 is 0 Å². The molecule has 48 valence electrons. The van der Waals surface area contributed by atoms with Crippen molar-refractivity contribution in [3.05, 3.63) is 0 Å². The molecule has 1 heterocycles. The van der Waals surface area contributed by atoms with Crippen molar-refractivity contribution in [1.82, 2.24) is 0 Å². The second-order valence-electron chi connectivity index (χ2n) is 2.45. The molecule has 0 aromatic heterocycles. The third kappa shape index (κ3) is 1.46. The van der Waals surface area contributed by atoms with E-state index < -0.39 is 6.29 Å². The Balaban J connectivity index is 2.23. The second-order valence-corrected chi connectivity index (χ2v) is 2.45. The van der Waals surface area contributed by atoms with Crippen LogP contribution >= 0.6 is 0 Å². The van der Waals surface area contributed by atoms with Gasteiger partial charge in [0, 0.05) is 13.0 Å². The molecule has 0 aromatic rings. The fourth-order valence-electron chi connectivity index (χ4n) is 0.935. The van der Waals surface area contributed by atoms with E-state index in [0.717, 1.165) is 19.4 Å². The predicted octanol–water partition coefficient (Wildman–Crippen LogP) is 0.751. The molecule has 0 amide bonds. The van der Waals surface area contributed by atoms with Crippen LogP contribution in [0.3, 0.4) is 0 Å². The summed E-state index contributed by atoms with van der Waals surface area (Å²) in [6.45, 7) is 2.86. The van der Waals surface area contributed by atoms with Gasteiger partial charge in [-0.3, -0.25) is 0 Å². The summed E-state index contributed by atoms with van der Waals surface area (Å²) >= 11 is 0. The third-order valence-electron chi connectivity index (χ3n) is 1.52. The SMILES string of the molecule is C[C@H]1CCO[C@@H](O)C1. The summed E-state index contributed by atoms with van der Waals surface area (Å²) < 4.78 is 4.90. The van der Waals surface area contributed by atoms with E-state index >= 15 is 0 Å². The Bertz CT molecular complexity index is 64.9. The molecule has 2 atom stereocenters. The first-order valence-corrected chi connectivity index (χ1v) is 3.08. The molecule has 0 bridgehead atoms. The molecule has 0 aliphatic carbocycles. The highest BCUT2D eigenvalue weighted by Gasteiger charge is 2.15. The minimum Gasteiger partial charge on any atom is -0.368 e. The van der Waals surface area contributed by atoms with Crippen molar-refractivity contribution in [3.8, 4) is 0 Å². The molecule has 0 spiro atoms. The van der Waals surface area contributed by atoms with E-state index in [1.54, 1.807) is 0 Å². The van der Waals surface area contributed by atoms with Crippen LogP contribution in [0, 0.1) is 5.92 Å². The van der Waals surface area contributed by atoms with Crippen molar-refractivity contribution in [2.24, 2.45) is 5.92 Å². The maximum absolute atomic E-state index is 8.86. The molecule has 1 aliphatic heterocycles. The van der Waals surface area contributed by atoms with Crippen LogP contribution in [0.4, 0.5) is 0 Å². The second kappa shape index (κ2) is 2.46. The number of hydrogen-bond acceptors (Lipinski definition) is 2. The van der Waals surface area contributed by atoms with Crippen LogP contribution in [-0.4, -0.2) is 18.0 Å². The fourth-order valence-corrected chi connectivity index (χ4v) is 0.935. The molecule has 0 saturated carbocycles. The molecule has 2 heteroatoms.